The Kier molecular flexibility index (Phi) is 3.71. The van der Waals surface area contributed by atoms with Crippen LogP contribution in [0.25, 0.3) is 11.2 Å². The molecule has 0 bridgehead atoms. The van der Waals surface area contributed by atoms with Gasteiger partial charge in [0, 0.05) is 12.8 Å². The first-order valence-electron chi connectivity index (χ1n) is 6.33. The highest BCUT2D eigenvalue weighted by Crippen LogP contribution is 2.19. The van der Waals surface area contributed by atoms with Crippen LogP contribution in [0, 0.1) is 0 Å². The quantitative estimate of drug-likeness (QED) is 0.706. The molecule has 0 saturated heterocycles. The Hall–Kier alpha value is -2.19. The third-order valence-electron chi connectivity index (χ3n) is 3.07. The monoisotopic (exact) mass is 337 g/mol. The highest BCUT2D eigenvalue weighted by Gasteiger charge is 2.09. The molecule has 114 valence electrons. The summed E-state index contributed by atoms with van der Waals surface area (Å²) in [5.41, 5.74) is 2.06. The van der Waals surface area contributed by atoms with Gasteiger partial charge in [0.1, 0.15) is 5.52 Å². The molecule has 3 rings (SSSR count). The first-order valence-corrected chi connectivity index (χ1v) is 8.60. The Morgan fingerprint density at radius 1 is 1.23 bits per heavy atom. The van der Waals surface area contributed by atoms with E-state index >= 15 is 0 Å². The molecule has 9 heteroatoms. The molecule has 2 aromatic heterocycles. The lowest BCUT2D eigenvalue weighted by atomic mass is 10.2. The van der Waals surface area contributed by atoms with Gasteiger partial charge in [0.15, 0.2) is 21.3 Å². The predicted molar refractivity (Wildman–Crippen MR) is 83.6 cm³/mol. The molecule has 0 spiro atoms. The molecular formula is C13H12ClN5O2S. The van der Waals surface area contributed by atoms with Gasteiger partial charge in [-0.15, -0.1) is 0 Å². The fourth-order valence-corrected chi connectivity index (χ4v) is 2.77. The molecule has 0 atom stereocenters. The van der Waals surface area contributed by atoms with Crippen LogP contribution >= 0.6 is 11.6 Å². The topological polar surface area (TPSA) is 101 Å². The predicted octanol–water partition coefficient (Wildman–Crippen LogP) is 2.02. The van der Waals surface area contributed by atoms with E-state index in [1.165, 1.54) is 12.6 Å². The Labute approximate surface area is 131 Å². The van der Waals surface area contributed by atoms with Gasteiger partial charge in [-0.05, 0) is 29.3 Å². The minimum Gasteiger partial charge on any atom is -0.364 e. The van der Waals surface area contributed by atoms with Crippen molar-refractivity contribution in [3.05, 3.63) is 41.4 Å². The van der Waals surface area contributed by atoms with Crippen molar-refractivity contribution in [1.82, 2.24) is 19.9 Å². The fourth-order valence-electron chi connectivity index (χ4n) is 1.97. The second-order valence-electron chi connectivity index (χ2n) is 4.71. The van der Waals surface area contributed by atoms with E-state index in [9.17, 15) is 8.42 Å². The van der Waals surface area contributed by atoms with Gasteiger partial charge in [0.05, 0.1) is 11.2 Å². The lowest BCUT2D eigenvalue weighted by Crippen LogP contribution is -2.04. The number of nitrogens with one attached hydrogen (secondary N) is 2. The minimum absolute atomic E-state index is 0.106. The van der Waals surface area contributed by atoms with E-state index in [1.54, 1.807) is 24.3 Å². The van der Waals surface area contributed by atoms with Crippen molar-refractivity contribution in [3.8, 4) is 0 Å². The number of fused-ring (bicyclic) bond motifs is 1. The molecule has 0 unspecified atom stereocenters. The average Bonchev–Trinajstić information content (AvgIpc) is 2.92. The first-order chi connectivity index (χ1) is 10.4. The van der Waals surface area contributed by atoms with Gasteiger partial charge in [-0.1, -0.05) is 12.1 Å². The van der Waals surface area contributed by atoms with Gasteiger partial charge >= 0.3 is 0 Å². The van der Waals surface area contributed by atoms with E-state index in [4.69, 9.17) is 11.6 Å². The number of benzene rings is 1. The van der Waals surface area contributed by atoms with Gasteiger partial charge in [0.25, 0.3) is 0 Å². The van der Waals surface area contributed by atoms with Crippen LogP contribution in [-0.4, -0.2) is 34.6 Å². The second kappa shape index (κ2) is 5.54. The zero-order valence-electron chi connectivity index (χ0n) is 11.5. The molecule has 7 nitrogen and oxygen atoms in total. The summed E-state index contributed by atoms with van der Waals surface area (Å²) in [4.78, 5) is 15.4. The van der Waals surface area contributed by atoms with Crippen LogP contribution in [-0.2, 0) is 16.4 Å². The van der Waals surface area contributed by atoms with Gasteiger partial charge in [-0.2, -0.15) is 9.97 Å². The van der Waals surface area contributed by atoms with E-state index in [-0.39, 0.29) is 10.2 Å². The van der Waals surface area contributed by atoms with Crippen molar-refractivity contribution >= 4 is 38.4 Å². The number of H-pyrrole nitrogens is 1. The SMILES string of the molecule is CS(=O)(=O)c1ccc(CNc2nc(Cl)nc3nc[nH]c23)cc1. The molecule has 2 N–H and O–H groups in total. The number of aromatic amines is 1. The number of imidazole rings is 1. The zero-order valence-corrected chi connectivity index (χ0v) is 13.1. The lowest BCUT2D eigenvalue weighted by Gasteiger charge is -2.07. The Balaban J connectivity index is 1.81. The van der Waals surface area contributed by atoms with Crippen LogP contribution < -0.4 is 5.32 Å². The van der Waals surface area contributed by atoms with Crippen molar-refractivity contribution in [2.75, 3.05) is 11.6 Å². The van der Waals surface area contributed by atoms with Crippen LogP contribution in [0.5, 0.6) is 0 Å². The Bertz CT molecular complexity index is 921. The molecule has 0 saturated carbocycles. The van der Waals surface area contributed by atoms with E-state index in [0.29, 0.717) is 23.5 Å². The van der Waals surface area contributed by atoms with Crippen molar-refractivity contribution < 1.29 is 8.42 Å². The fraction of sp³-hybridized carbons (Fsp3) is 0.154. The summed E-state index contributed by atoms with van der Waals surface area (Å²) in [6, 6.07) is 6.64. The van der Waals surface area contributed by atoms with Gasteiger partial charge in [-0.25, -0.2) is 13.4 Å². The summed E-state index contributed by atoms with van der Waals surface area (Å²) in [5, 5.41) is 3.24. The molecule has 0 fully saturated rings. The molecular weight excluding hydrogens is 326 g/mol. The van der Waals surface area contributed by atoms with Gasteiger partial charge in [-0.3, -0.25) is 0 Å². The van der Waals surface area contributed by atoms with Crippen LogP contribution in [0.2, 0.25) is 5.28 Å². The van der Waals surface area contributed by atoms with Crippen LogP contribution in [0.3, 0.4) is 0 Å². The average molecular weight is 338 g/mol. The first kappa shape index (κ1) is 14.7. The Morgan fingerprint density at radius 3 is 2.64 bits per heavy atom. The molecule has 0 aliphatic rings. The van der Waals surface area contributed by atoms with E-state index in [1.807, 2.05) is 0 Å². The van der Waals surface area contributed by atoms with Crippen LogP contribution in [0.15, 0.2) is 35.5 Å². The number of nitrogens with zero attached hydrogens (tertiary/aromatic N) is 3. The number of hydrogen-bond acceptors (Lipinski definition) is 6. The van der Waals surface area contributed by atoms with E-state index in [2.05, 4.69) is 25.3 Å². The van der Waals surface area contributed by atoms with Crippen LogP contribution in [0.4, 0.5) is 5.82 Å². The summed E-state index contributed by atoms with van der Waals surface area (Å²) < 4.78 is 22.8. The molecule has 0 amide bonds. The maximum atomic E-state index is 11.4. The summed E-state index contributed by atoms with van der Waals surface area (Å²) in [6.07, 6.45) is 2.69. The number of hydrogen-bond donors (Lipinski definition) is 2. The number of sulfone groups is 1. The number of halogens is 1. The summed E-state index contributed by atoms with van der Waals surface area (Å²) in [6.45, 7) is 0.464. The number of anilines is 1. The molecule has 3 aromatic rings. The third-order valence-corrected chi connectivity index (χ3v) is 4.37. The summed E-state index contributed by atoms with van der Waals surface area (Å²) in [5.74, 6) is 0.541. The third kappa shape index (κ3) is 3.02. The van der Waals surface area contributed by atoms with E-state index in [0.717, 1.165) is 5.56 Å². The molecule has 22 heavy (non-hydrogen) atoms. The van der Waals surface area contributed by atoms with Crippen molar-refractivity contribution in [2.24, 2.45) is 0 Å². The summed E-state index contributed by atoms with van der Waals surface area (Å²) in [7, 11) is -3.19. The molecule has 2 heterocycles. The van der Waals surface area contributed by atoms with E-state index < -0.39 is 9.84 Å². The molecule has 1 aromatic carbocycles. The lowest BCUT2D eigenvalue weighted by molar-refractivity contribution is 0.602. The highest BCUT2D eigenvalue weighted by atomic mass is 35.5. The molecule has 0 aliphatic carbocycles. The van der Waals surface area contributed by atoms with Crippen molar-refractivity contribution in [3.63, 3.8) is 0 Å². The van der Waals surface area contributed by atoms with Crippen LogP contribution in [0.1, 0.15) is 5.56 Å². The maximum absolute atomic E-state index is 11.4. The van der Waals surface area contributed by atoms with Crippen molar-refractivity contribution in [2.45, 2.75) is 11.4 Å². The minimum atomic E-state index is -3.19. The Morgan fingerprint density at radius 2 is 1.95 bits per heavy atom. The molecule has 0 radical (unpaired) electrons. The molecule has 0 aliphatic heterocycles. The van der Waals surface area contributed by atoms with Gasteiger partial charge < -0.3 is 10.3 Å². The largest absolute Gasteiger partial charge is 0.364 e. The second-order valence-corrected chi connectivity index (χ2v) is 7.07. The van der Waals surface area contributed by atoms with Gasteiger partial charge in [0.2, 0.25) is 5.28 Å². The number of rotatable bonds is 4. The van der Waals surface area contributed by atoms with Crippen molar-refractivity contribution in [1.29, 1.82) is 0 Å². The highest BCUT2D eigenvalue weighted by molar-refractivity contribution is 7.90. The maximum Gasteiger partial charge on any atom is 0.226 e. The standard InChI is InChI=1S/C13H12ClN5O2S/c1-22(20,21)9-4-2-8(3-5-9)6-15-11-10-12(17-7-16-10)19-13(14)18-11/h2-5,7H,6H2,1H3,(H2,15,16,17,18,19). The summed E-state index contributed by atoms with van der Waals surface area (Å²) >= 11 is 5.85. The number of aromatic nitrogens is 4. The zero-order chi connectivity index (χ0) is 15.7. The normalized spacial score (nSPS) is 11.7. The smallest absolute Gasteiger partial charge is 0.226 e.